The maximum atomic E-state index is 6.09. The van der Waals surface area contributed by atoms with Crippen LogP contribution in [-0.4, -0.2) is 15.1 Å². The average molecular weight is 267 g/mol. The predicted molar refractivity (Wildman–Crippen MR) is 69.6 cm³/mol. The number of hydrogen-bond donors (Lipinski definition) is 1. The Kier molecular flexibility index (Phi) is 4.15. The third-order valence-electron chi connectivity index (χ3n) is 2.53. The molecule has 0 unspecified atom stereocenters. The molecular weight excluding hydrogens is 252 g/mol. The van der Waals surface area contributed by atoms with E-state index in [1.165, 1.54) is 0 Å². The fraction of sp³-hybridized carbons (Fsp3) is 0.417. The highest BCUT2D eigenvalue weighted by atomic mass is 35.5. The number of nitrogens with one attached hydrogen (secondary N) is 1. The zero-order chi connectivity index (χ0) is 13.0. The molecule has 2 aromatic rings. The summed E-state index contributed by atoms with van der Waals surface area (Å²) in [6, 6.07) is 1.80. The topological polar surface area (TPSA) is 63.8 Å². The lowest BCUT2D eigenvalue weighted by Crippen LogP contribution is -2.07. The lowest BCUT2D eigenvalue weighted by molar-refractivity contribution is 0.388. The second kappa shape index (κ2) is 5.82. The molecule has 2 heterocycles. The quantitative estimate of drug-likeness (QED) is 0.843. The summed E-state index contributed by atoms with van der Waals surface area (Å²) in [6.07, 6.45) is 3.41. The van der Waals surface area contributed by atoms with Crippen LogP contribution in [-0.2, 0) is 13.0 Å². The highest BCUT2D eigenvalue weighted by Gasteiger charge is 2.09. The summed E-state index contributed by atoms with van der Waals surface area (Å²) in [7, 11) is 0. The molecular formula is C12H15ClN4O. The molecule has 6 heteroatoms. The van der Waals surface area contributed by atoms with Crippen LogP contribution in [0.3, 0.4) is 0 Å². The first kappa shape index (κ1) is 12.8. The monoisotopic (exact) mass is 266 g/mol. The van der Waals surface area contributed by atoms with Crippen molar-refractivity contribution in [1.29, 1.82) is 0 Å². The second-order valence-electron chi connectivity index (χ2n) is 3.99. The van der Waals surface area contributed by atoms with Crippen LogP contribution in [0.25, 0.3) is 0 Å². The minimum atomic E-state index is 0.494. The Morgan fingerprint density at radius 3 is 2.89 bits per heavy atom. The third-order valence-corrected chi connectivity index (χ3v) is 2.90. The summed E-state index contributed by atoms with van der Waals surface area (Å²) in [6.45, 7) is 4.50. The first-order valence-corrected chi connectivity index (χ1v) is 6.25. The van der Waals surface area contributed by atoms with Gasteiger partial charge in [0.05, 0.1) is 12.7 Å². The van der Waals surface area contributed by atoms with E-state index in [1.807, 2.05) is 6.92 Å². The van der Waals surface area contributed by atoms with Gasteiger partial charge in [-0.15, -0.1) is 0 Å². The largest absolute Gasteiger partial charge is 0.362 e. The van der Waals surface area contributed by atoms with Crippen LogP contribution in [0.5, 0.6) is 0 Å². The molecule has 18 heavy (non-hydrogen) atoms. The molecule has 0 saturated heterocycles. The summed E-state index contributed by atoms with van der Waals surface area (Å²) in [5.74, 6) is 2.25. The highest BCUT2D eigenvalue weighted by molar-refractivity contribution is 6.30. The van der Waals surface area contributed by atoms with E-state index in [2.05, 4.69) is 27.4 Å². The number of anilines is 1. The number of halogens is 1. The zero-order valence-corrected chi connectivity index (χ0v) is 11.2. The van der Waals surface area contributed by atoms with E-state index in [0.717, 1.165) is 35.8 Å². The maximum absolute atomic E-state index is 6.09. The fourth-order valence-electron chi connectivity index (χ4n) is 1.54. The standard InChI is InChI=1S/C12H15ClN4O/c1-3-4-10-16-11(13)8(2)12(17-10)14-7-9-5-6-15-18-9/h5-6H,3-4,7H2,1-2H3,(H,14,16,17). The molecule has 96 valence electrons. The molecule has 0 atom stereocenters. The molecule has 0 saturated carbocycles. The van der Waals surface area contributed by atoms with Gasteiger partial charge in [0.2, 0.25) is 0 Å². The van der Waals surface area contributed by atoms with Gasteiger partial charge in [0, 0.05) is 18.1 Å². The summed E-state index contributed by atoms with van der Waals surface area (Å²) >= 11 is 6.09. The van der Waals surface area contributed by atoms with Crippen LogP contribution in [0.1, 0.15) is 30.5 Å². The van der Waals surface area contributed by atoms with Gasteiger partial charge in [0.25, 0.3) is 0 Å². The van der Waals surface area contributed by atoms with Crippen molar-refractivity contribution < 1.29 is 4.52 Å². The molecule has 1 N–H and O–H groups in total. The van der Waals surface area contributed by atoms with Crippen molar-refractivity contribution in [1.82, 2.24) is 15.1 Å². The molecule has 0 fully saturated rings. The van der Waals surface area contributed by atoms with Gasteiger partial charge in [0.15, 0.2) is 5.76 Å². The molecule has 0 radical (unpaired) electrons. The summed E-state index contributed by atoms with van der Waals surface area (Å²) in [5, 5.41) is 7.33. The number of nitrogens with zero attached hydrogens (tertiary/aromatic N) is 3. The third kappa shape index (κ3) is 2.98. The van der Waals surface area contributed by atoms with Gasteiger partial charge in [-0.25, -0.2) is 9.97 Å². The minimum absolute atomic E-state index is 0.494. The van der Waals surface area contributed by atoms with E-state index in [0.29, 0.717) is 11.7 Å². The van der Waals surface area contributed by atoms with E-state index in [4.69, 9.17) is 16.1 Å². The van der Waals surface area contributed by atoms with Crippen LogP contribution in [0.2, 0.25) is 5.15 Å². The van der Waals surface area contributed by atoms with Crippen LogP contribution < -0.4 is 5.32 Å². The highest BCUT2D eigenvalue weighted by Crippen LogP contribution is 2.20. The van der Waals surface area contributed by atoms with Gasteiger partial charge in [0.1, 0.15) is 16.8 Å². The van der Waals surface area contributed by atoms with Gasteiger partial charge < -0.3 is 9.84 Å². The normalized spacial score (nSPS) is 10.6. The van der Waals surface area contributed by atoms with Crippen molar-refractivity contribution in [3.8, 4) is 0 Å². The number of aryl methyl sites for hydroxylation is 1. The molecule has 0 aliphatic carbocycles. The zero-order valence-electron chi connectivity index (χ0n) is 10.4. The molecule has 5 nitrogen and oxygen atoms in total. The Labute approximate surface area is 111 Å². The van der Waals surface area contributed by atoms with Crippen molar-refractivity contribution in [3.63, 3.8) is 0 Å². The van der Waals surface area contributed by atoms with Crippen LogP contribution in [0.15, 0.2) is 16.8 Å². The van der Waals surface area contributed by atoms with E-state index in [1.54, 1.807) is 12.3 Å². The summed E-state index contributed by atoms with van der Waals surface area (Å²) in [4.78, 5) is 8.70. The van der Waals surface area contributed by atoms with Gasteiger partial charge in [-0.3, -0.25) is 0 Å². The Hall–Kier alpha value is -1.62. The molecule has 2 rings (SSSR count). The Morgan fingerprint density at radius 1 is 1.39 bits per heavy atom. The van der Waals surface area contributed by atoms with Gasteiger partial charge in [-0.2, -0.15) is 0 Å². The molecule has 0 amide bonds. The van der Waals surface area contributed by atoms with E-state index in [-0.39, 0.29) is 0 Å². The SMILES string of the molecule is CCCc1nc(Cl)c(C)c(NCc2ccno2)n1. The van der Waals surface area contributed by atoms with Crippen LogP contribution >= 0.6 is 11.6 Å². The van der Waals surface area contributed by atoms with Crippen molar-refractivity contribution in [2.45, 2.75) is 33.2 Å². The predicted octanol–water partition coefficient (Wildman–Crippen LogP) is 2.99. The first-order chi connectivity index (χ1) is 8.70. The number of aromatic nitrogens is 3. The summed E-state index contributed by atoms with van der Waals surface area (Å²) in [5.41, 5.74) is 0.844. The minimum Gasteiger partial charge on any atom is -0.362 e. The lowest BCUT2D eigenvalue weighted by Gasteiger charge is -2.09. The van der Waals surface area contributed by atoms with E-state index in [9.17, 15) is 0 Å². The Morgan fingerprint density at radius 2 is 2.22 bits per heavy atom. The second-order valence-corrected chi connectivity index (χ2v) is 4.34. The van der Waals surface area contributed by atoms with Gasteiger partial charge in [-0.1, -0.05) is 23.7 Å². The van der Waals surface area contributed by atoms with Gasteiger partial charge in [-0.05, 0) is 13.3 Å². The van der Waals surface area contributed by atoms with Gasteiger partial charge >= 0.3 is 0 Å². The van der Waals surface area contributed by atoms with E-state index >= 15 is 0 Å². The molecule has 0 aromatic carbocycles. The smallest absolute Gasteiger partial charge is 0.155 e. The van der Waals surface area contributed by atoms with Crippen LogP contribution in [0.4, 0.5) is 5.82 Å². The Balaban J connectivity index is 2.15. The molecule has 0 bridgehead atoms. The fourth-order valence-corrected chi connectivity index (χ4v) is 1.73. The van der Waals surface area contributed by atoms with Crippen molar-refractivity contribution in [2.75, 3.05) is 5.32 Å². The molecule has 2 aromatic heterocycles. The first-order valence-electron chi connectivity index (χ1n) is 5.87. The van der Waals surface area contributed by atoms with E-state index < -0.39 is 0 Å². The molecule has 0 aliphatic heterocycles. The maximum Gasteiger partial charge on any atom is 0.155 e. The molecule has 0 spiro atoms. The van der Waals surface area contributed by atoms with Crippen molar-refractivity contribution in [3.05, 3.63) is 34.6 Å². The van der Waals surface area contributed by atoms with Crippen molar-refractivity contribution >= 4 is 17.4 Å². The number of rotatable bonds is 5. The average Bonchev–Trinajstić information content (AvgIpc) is 2.85. The Bertz CT molecular complexity index is 513. The van der Waals surface area contributed by atoms with Crippen molar-refractivity contribution in [2.24, 2.45) is 0 Å². The number of hydrogen-bond acceptors (Lipinski definition) is 5. The molecule has 0 aliphatic rings. The lowest BCUT2D eigenvalue weighted by atomic mass is 10.3. The summed E-state index contributed by atoms with van der Waals surface area (Å²) < 4.78 is 5.01. The van der Waals surface area contributed by atoms with Crippen LogP contribution in [0, 0.1) is 6.92 Å².